The Morgan fingerprint density at radius 3 is 2.72 bits per heavy atom. The fraction of sp³-hybridized carbons (Fsp3) is 0.500. The summed E-state index contributed by atoms with van der Waals surface area (Å²) in [5.74, 6) is -0.466. The smallest absolute Gasteiger partial charge is 0.265 e. The van der Waals surface area contributed by atoms with Gasteiger partial charge >= 0.3 is 0 Å². The van der Waals surface area contributed by atoms with E-state index < -0.39 is 0 Å². The third-order valence-corrected chi connectivity index (χ3v) is 3.52. The summed E-state index contributed by atoms with van der Waals surface area (Å²) in [6.07, 6.45) is 0. The predicted molar refractivity (Wildman–Crippen MR) is 71.9 cm³/mol. The minimum Gasteiger partial charge on any atom is -0.382 e. The van der Waals surface area contributed by atoms with Gasteiger partial charge in [0.25, 0.3) is 5.91 Å². The molecule has 4 N–H and O–H groups in total. The van der Waals surface area contributed by atoms with Crippen LogP contribution in [-0.4, -0.2) is 44.0 Å². The van der Waals surface area contributed by atoms with Crippen molar-refractivity contribution in [3.8, 4) is 0 Å². The second-order valence-electron chi connectivity index (χ2n) is 3.58. The molecule has 18 heavy (non-hydrogen) atoms. The molecule has 0 aliphatic carbocycles. The average molecular weight is 271 g/mol. The van der Waals surface area contributed by atoms with Crippen molar-refractivity contribution in [2.45, 2.75) is 6.92 Å². The zero-order valence-corrected chi connectivity index (χ0v) is 11.4. The number of rotatable bonds is 5. The van der Waals surface area contributed by atoms with Gasteiger partial charge in [0, 0.05) is 20.6 Å². The summed E-state index contributed by atoms with van der Waals surface area (Å²) in [6.45, 7) is 2.67. The molecule has 1 rings (SSSR count). The van der Waals surface area contributed by atoms with Crippen LogP contribution in [-0.2, 0) is 4.79 Å². The van der Waals surface area contributed by atoms with Gasteiger partial charge < -0.3 is 21.3 Å². The number of carbonyl (C=O) groups excluding carboxylic acids is 2. The minimum absolute atomic E-state index is 0.0778. The second kappa shape index (κ2) is 6.20. The molecule has 0 bridgehead atoms. The molecule has 0 atom stereocenters. The zero-order valence-electron chi connectivity index (χ0n) is 10.6. The molecule has 7 nitrogen and oxygen atoms in total. The Hall–Kier alpha value is -1.83. The van der Waals surface area contributed by atoms with Crippen LogP contribution >= 0.6 is 11.3 Å². The van der Waals surface area contributed by atoms with Gasteiger partial charge in [0.1, 0.15) is 10.7 Å². The maximum Gasteiger partial charge on any atom is 0.265 e. The molecule has 1 aromatic heterocycles. The lowest BCUT2D eigenvalue weighted by Gasteiger charge is -2.10. The monoisotopic (exact) mass is 271 g/mol. The largest absolute Gasteiger partial charge is 0.382 e. The third kappa shape index (κ3) is 3.33. The van der Waals surface area contributed by atoms with Crippen LogP contribution in [0.1, 0.15) is 16.6 Å². The van der Waals surface area contributed by atoms with E-state index in [9.17, 15) is 9.59 Å². The highest BCUT2D eigenvalue weighted by atomic mass is 32.1. The summed E-state index contributed by atoms with van der Waals surface area (Å²) in [5, 5.41) is 5.58. The lowest BCUT2D eigenvalue weighted by molar-refractivity contribution is -0.119. The van der Waals surface area contributed by atoms with Crippen LogP contribution in [0.4, 0.5) is 10.9 Å². The molecule has 0 aliphatic heterocycles. The normalized spacial score (nSPS) is 9.94. The third-order valence-electron chi connectivity index (χ3n) is 2.34. The number of likely N-dealkylation sites (N-methyl/N-ethyl adjacent to an activating group) is 1. The zero-order chi connectivity index (χ0) is 13.7. The van der Waals surface area contributed by atoms with E-state index in [1.165, 1.54) is 18.4 Å². The van der Waals surface area contributed by atoms with E-state index in [0.717, 1.165) is 6.54 Å². The Morgan fingerprint density at radius 2 is 2.17 bits per heavy atom. The van der Waals surface area contributed by atoms with E-state index in [-0.39, 0.29) is 24.2 Å². The Balaban J connectivity index is 2.74. The number of carbonyl (C=O) groups is 2. The summed E-state index contributed by atoms with van der Waals surface area (Å²) < 4.78 is 0. The summed E-state index contributed by atoms with van der Waals surface area (Å²) in [5.41, 5.74) is 5.68. The number of aromatic nitrogens is 1. The molecule has 0 fully saturated rings. The molecule has 0 saturated carbocycles. The minimum atomic E-state index is -0.385. The van der Waals surface area contributed by atoms with Crippen molar-refractivity contribution in [3.05, 3.63) is 4.88 Å². The number of nitrogens with zero attached hydrogens (tertiary/aromatic N) is 2. The fourth-order valence-corrected chi connectivity index (χ4v) is 2.04. The standard InChI is InChI=1S/C10H17N5O2S/c1-4-15(3)10-14-8(11)7(18-10)9(17)13-5-6(16)12-2/h4-5,11H2,1-3H3,(H,12,16)(H,13,17). The maximum atomic E-state index is 11.8. The molecule has 100 valence electrons. The summed E-state index contributed by atoms with van der Waals surface area (Å²) in [7, 11) is 3.37. The predicted octanol–water partition coefficient (Wildman–Crippen LogP) is -0.343. The van der Waals surface area contributed by atoms with Crippen molar-refractivity contribution in [1.29, 1.82) is 0 Å². The van der Waals surface area contributed by atoms with Gasteiger partial charge in [-0.05, 0) is 6.92 Å². The second-order valence-corrected chi connectivity index (χ2v) is 4.56. The van der Waals surface area contributed by atoms with Gasteiger partial charge in [-0.3, -0.25) is 9.59 Å². The van der Waals surface area contributed by atoms with Crippen LogP contribution in [0.2, 0.25) is 0 Å². The highest BCUT2D eigenvalue weighted by Crippen LogP contribution is 2.26. The van der Waals surface area contributed by atoms with Crippen LogP contribution in [0.3, 0.4) is 0 Å². The molecule has 0 spiro atoms. The average Bonchev–Trinajstić information content (AvgIpc) is 2.76. The van der Waals surface area contributed by atoms with E-state index in [0.29, 0.717) is 10.0 Å². The first-order valence-corrected chi connectivity index (χ1v) is 6.27. The molecule has 1 aromatic rings. The first-order chi connectivity index (χ1) is 8.49. The van der Waals surface area contributed by atoms with E-state index in [1.807, 2.05) is 18.9 Å². The highest BCUT2D eigenvalue weighted by Gasteiger charge is 2.17. The number of anilines is 2. The number of nitrogens with two attached hydrogens (primary N) is 1. The van der Waals surface area contributed by atoms with Gasteiger partial charge in [0.2, 0.25) is 5.91 Å². The fourth-order valence-electron chi connectivity index (χ4n) is 1.11. The number of thiazole rings is 1. The Morgan fingerprint density at radius 1 is 1.50 bits per heavy atom. The van der Waals surface area contributed by atoms with E-state index >= 15 is 0 Å². The van der Waals surface area contributed by atoms with Crippen molar-refractivity contribution in [3.63, 3.8) is 0 Å². The van der Waals surface area contributed by atoms with Gasteiger partial charge in [-0.2, -0.15) is 0 Å². The summed E-state index contributed by atoms with van der Waals surface area (Å²) in [6, 6.07) is 0. The van der Waals surface area contributed by atoms with Crippen LogP contribution in [0, 0.1) is 0 Å². The lowest BCUT2D eigenvalue weighted by atomic mass is 10.4. The first-order valence-electron chi connectivity index (χ1n) is 5.45. The van der Waals surface area contributed by atoms with Crippen LogP contribution < -0.4 is 21.3 Å². The molecule has 2 amide bonds. The van der Waals surface area contributed by atoms with Gasteiger partial charge in [0.05, 0.1) is 6.54 Å². The highest BCUT2D eigenvalue weighted by molar-refractivity contribution is 7.18. The van der Waals surface area contributed by atoms with Gasteiger partial charge in [-0.15, -0.1) is 0 Å². The van der Waals surface area contributed by atoms with Gasteiger partial charge in [0.15, 0.2) is 5.13 Å². The van der Waals surface area contributed by atoms with Crippen molar-refractivity contribution in [2.24, 2.45) is 0 Å². The van der Waals surface area contributed by atoms with Crippen LogP contribution in [0.25, 0.3) is 0 Å². The van der Waals surface area contributed by atoms with Crippen molar-refractivity contribution in [2.75, 3.05) is 37.8 Å². The molecule has 0 aromatic carbocycles. The maximum absolute atomic E-state index is 11.8. The van der Waals surface area contributed by atoms with E-state index in [4.69, 9.17) is 5.73 Å². The molecule has 8 heteroatoms. The quantitative estimate of drug-likeness (QED) is 0.680. The number of hydrogen-bond donors (Lipinski definition) is 3. The molecule has 0 aliphatic rings. The molecule has 0 unspecified atom stereocenters. The van der Waals surface area contributed by atoms with Crippen molar-refractivity contribution in [1.82, 2.24) is 15.6 Å². The molecule has 0 saturated heterocycles. The summed E-state index contributed by atoms with van der Waals surface area (Å²) >= 11 is 1.21. The molecule has 1 heterocycles. The van der Waals surface area contributed by atoms with Crippen molar-refractivity contribution >= 4 is 34.1 Å². The molecule has 0 radical (unpaired) electrons. The Labute approximate surface area is 109 Å². The number of nitrogens with one attached hydrogen (secondary N) is 2. The van der Waals surface area contributed by atoms with E-state index in [1.54, 1.807) is 0 Å². The van der Waals surface area contributed by atoms with E-state index in [2.05, 4.69) is 15.6 Å². The number of nitrogen functional groups attached to an aromatic ring is 1. The number of hydrogen-bond acceptors (Lipinski definition) is 6. The molecular formula is C10H17N5O2S. The van der Waals surface area contributed by atoms with Gasteiger partial charge in [-0.1, -0.05) is 11.3 Å². The Bertz CT molecular complexity index is 445. The SMILES string of the molecule is CCN(C)c1nc(N)c(C(=O)NCC(=O)NC)s1. The Kier molecular flexibility index (Phi) is 4.90. The topological polar surface area (TPSA) is 100 Å². The first kappa shape index (κ1) is 14.2. The van der Waals surface area contributed by atoms with Gasteiger partial charge in [-0.25, -0.2) is 4.98 Å². The number of amides is 2. The lowest BCUT2D eigenvalue weighted by Crippen LogP contribution is -2.35. The summed E-state index contributed by atoms with van der Waals surface area (Å²) in [4.78, 5) is 29.1. The van der Waals surface area contributed by atoms with Crippen molar-refractivity contribution < 1.29 is 9.59 Å². The van der Waals surface area contributed by atoms with Crippen LogP contribution in [0.5, 0.6) is 0 Å². The molecular weight excluding hydrogens is 254 g/mol. The van der Waals surface area contributed by atoms with Crippen LogP contribution in [0.15, 0.2) is 0 Å².